The van der Waals surface area contributed by atoms with Gasteiger partial charge in [0.25, 0.3) is 0 Å². The van der Waals surface area contributed by atoms with Crippen LogP contribution in [0.25, 0.3) is 16.7 Å². The van der Waals surface area contributed by atoms with Gasteiger partial charge in [0.1, 0.15) is 5.82 Å². The Morgan fingerprint density at radius 3 is 2.71 bits per heavy atom. The normalized spacial score (nSPS) is 11.2. The zero-order valence-corrected chi connectivity index (χ0v) is 14.6. The van der Waals surface area contributed by atoms with E-state index in [-0.39, 0.29) is 0 Å². The molecule has 0 aliphatic carbocycles. The third kappa shape index (κ3) is 2.80. The Morgan fingerprint density at radius 2 is 1.95 bits per heavy atom. The standard InChI is InChI=1S/C15H10BrCl3N2/c16-15-10(19)2-1-3-13(15)21-12-5-4-9(18)8-11(12)20-14(21)6-7-17/h1-5,8H,6-7H2. The van der Waals surface area contributed by atoms with E-state index in [9.17, 15) is 0 Å². The fraction of sp³-hybridized carbons (Fsp3) is 0.133. The molecule has 2 nitrogen and oxygen atoms in total. The summed E-state index contributed by atoms with van der Waals surface area (Å²) in [5.41, 5.74) is 2.75. The molecular weight excluding hydrogens is 394 g/mol. The molecule has 0 fully saturated rings. The largest absolute Gasteiger partial charge is 0.295 e. The first-order valence-electron chi connectivity index (χ1n) is 6.29. The van der Waals surface area contributed by atoms with E-state index >= 15 is 0 Å². The summed E-state index contributed by atoms with van der Waals surface area (Å²) >= 11 is 21.7. The zero-order chi connectivity index (χ0) is 15.0. The number of fused-ring (bicyclic) bond motifs is 1. The third-order valence-corrected chi connectivity index (χ3v) is 4.98. The van der Waals surface area contributed by atoms with Gasteiger partial charge < -0.3 is 0 Å². The van der Waals surface area contributed by atoms with E-state index in [1.54, 1.807) is 0 Å². The van der Waals surface area contributed by atoms with Crippen molar-refractivity contribution in [1.29, 1.82) is 0 Å². The summed E-state index contributed by atoms with van der Waals surface area (Å²) < 4.78 is 2.89. The number of aromatic nitrogens is 2. The SMILES string of the molecule is ClCCc1nc2cc(Cl)ccc2n1-c1cccc(Cl)c1Br. The summed E-state index contributed by atoms with van der Waals surface area (Å²) in [6.07, 6.45) is 0.660. The summed E-state index contributed by atoms with van der Waals surface area (Å²) in [6.45, 7) is 0. The highest BCUT2D eigenvalue weighted by Gasteiger charge is 2.15. The molecule has 0 amide bonds. The lowest BCUT2D eigenvalue weighted by molar-refractivity contribution is 0.909. The maximum Gasteiger partial charge on any atom is 0.115 e. The molecule has 0 saturated carbocycles. The number of benzene rings is 2. The molecule has 3 rings (SSSR count). The maximum absolute atomic E-state index is 6.21. The van der Waals surface area contributed by atoms with Crippen molar-refractivity contribution >= 4 is 61.8 Å². The Morgan fingerprint density at radius 1 is 1.14 bits per heavy atom. The minimum Gasteiger partial charge on any atom is -0.295 e. The first-order valence-corrected chi connectivity index (χ1v) is 8.37. The smallest absolute Gasteiger partial charge is 0.115 e. The molecule has 1 heterocycles. The molecular formula is C15H10BrCl3N2. The van der Waals surface area contributed by atoms with Crippen molar-refractivity contribution in [3.63, 3.8) is 0 Å². The lowest BCUT2D eigenvalue weighted by Gasteiger charge is -2.11. The minimum atomic E-state index is 0.495. The second kappa shape index (κ2) is 6.17. The number of aryl methyl sites for hydroxylation is 1. The van der Waals surface area contributed by atoms with E-state index in [0.29, 0.717) is 22.3 Å². The van der Waals surface area contributed by atoms with Crippen molar-refractivity contribution in [2.75, 3.05) is 5.88 Å². The van der Waals surface area contributed by atoms with Crippen molar-refractivity contribution in [3.05, 3.63) is 56.7 Å². The van der Waals surface area contributed by atoms with Crippen molar-refractivity contribution in [2.45, 2.75) is 6.42 Å². The van der Waals surface area contributed by atoms with Gasteiger partial charge in [-0.2, -0.15) is 0 Å². The van der Waals surface area contributed by atoms with E-state index < -0.39 is 0 Å². The van der Waals surface area contributed by atoms with Crippen molar-refractivity contribution < 1.29 is 0 Å². The van der Waals surface area contributed by atoms with Crippen LogP contribution in [0.4, 0.5) is 0 Å². The summed E-state index contributed by atoms with van der Waals surface area (Å²) in [7, 11) is 0. The fourth-order valence-corrected chi connectivity index (χ4v) is 3.24. The van der Waals surface area contributed by atoms with Gasteiger partial charge >= 0.3 is 0 Å². The molecule has 0 saturated heterocycles. The van der Waals surface area contributed by atoms with Crippen LogP contribution in [0.2, 0.25) is 10.0 Å². The van der Waals surface area contributed by atoms with Gasteiger partial charge in [0.2, 0.25) is 0 Å². The van der Waals surface area contributed by atoms with E-state index in [2.05, 4.69) is 25.5 Å². The summed E-state index contributed by atoms with van der Waals surface area (Å²) in [5.74, 6) is 1.38. The average Bonchev–Trinajstić information content (AvgIpc) is 2.79. The van der Waals surface area contributed by atoms with E-state index in [0.717, 1.165) is 27.0 Å². The molecule has 3 aromatic rings. The van der Waals surface area contributed by atoms with Crippen LogP contribution in [0.3, 0.4) is 0 Å². The first-order chi connectivity index (χ1) is 10.1. The quantitative estimate of drug-likeness (QED) is 0.499. The van der Waals surface area contributed by atoms with Gasteiger partial charge in [-0.05, 0) is 46.3 Å². The van der Waals surface area contributed by atoms with Gasteiger partial charge in [0.05, 0.1) is 26.2 Å². The lowest BCUT2D eigenvalue weighted by Crippen LogP contribution is -2.03. The molecule has 0 bridgehead atoms. The first kappa shape index (κ1) is 15.2. The molecule has 0 aliphatic rings. The number of nitrogens with zero attached hydrogens (tertiary/aromatic N) is 2. The highest BCUT2D eigenvalue weighted by atomic mass is 79.9. The summed E-state index contributed by atoms with van der Waals surface area (Å²) in [5, 5.41) is 1.31. The minimum absolute atomic E-state index is 0.495. The van der Waals surface area contributed by atoms with Crippen molar-refractivity contribution in [2.24, 2.45) is 0 Å². The van der Waals surface area contributed by atoms with E-state index in [1.165, 1.54) is 0 Å². The summed E-state index contributed by atoms with van der Waals surface area (Å²) in [6, 6.07) is 11.4. The highest BCUT2D eigenvalue weighted by molar-refractivity contribution is 9.10. The lowest BCUT2D eigenvalue weighted by atomic mass is 10.2. The van der Waals surface area contributed by atoms with Crippen LogP contribution < -0.4 is 0 Å². The number of halogens is 4. The highest BCUT2D eigenvalue weighted by Crippen LogP contribution is 2.33. The second-order valence-corrected chi connectivity index (χ2v) is 6.52. The Kier molecular flexibility index (Phi) is 4.46. The van der Waals surface area contributed by atoms with Crippen LogP contribution in [-0.4, -0.2) is 15.4 Å². The molecule has 0 N–H and O–H groups in total. The molecule has 1 aromatic heterocycles. The van der Waals surface area contributed by atoms with Crippen LogP contribution in [0, 0.1) is 0 Å². The Labute approximate surface area is 145 Å². The summed E-state index contributed by atoms with van der Waals surface area (Å²) in [4.78, 5) is 4.64. The Bertz CT molecular complexity index is 814. The average molecular weight is 405 g/mol. The molecule has 108 valence electrons. The van der Waals surface area contributed by atoms with Gasteiger partial charge in [0, 0.05) is 17.3 Å². The van der Waals surface area contributed by atoms with Crippen LogP contribution in [-0.2, 0) is 6.42 Å². The molecule has 0 unspecified atom stereocenters. The number of rotatable bonds is 3. The topological polar surface area (TPSA) is 17.8 Å². The van der Waals surface area contributed by atoms with E-state index in [1.807, 2.05) is 36.4 Å². The van der Waals surface area contributed by atoms with Gasteiger partial charge in [0.15, 0.2) is 0 Å². The van der Waals surface area contributed by atoms with E-state index in [4.69, 9.17) is 34.8 Å². The van der Waals surface area contributed by atoms with Crippen molar-refractivity contribution in [1.82, 2.24) is 9.55 Å². The number of hydrogen-bond acceptors (Lipinski definition) is 1. The maximum atomic E-state index is 6.21. The Hall–Kier alpha value is -0.740. The van der Waals surface area contributed by atoms with Gasteiger partial charge in [-0.1, -0.05) is 29.3 Å². The molecule has 0 radical (unpaired) electrons. The van der Waals surface area contributed by atoms with Crippen LogP contribution in [0.1, 0.15) is 5.82 Å². The number of hydrogen-bond donors (Lipinski definition) is 0. The van der Waals surface area contributed by atoms with Crippen molar-refractivity contribution in [3.8, 4) is 5.69 Å². The molecule has 21 heavy (non-hydrogen) atoms. The molecule has 0 aliphatic heterocycles. The number of alkyl halides is 1. The zero-order valence-electron chi connectivity index (χ0n) is 10.8. The predicted molar refractivity (Wildman–Crippen MR) is 93.2 cm³/mol. The third-order valence-electron chi connectivity index (χ3n) is 3.18. The van der Waals surface area contributed by atoms with Crippen LogP contribution >= 0.6 is 50.7 Å². The number of imidazole rings is 1. The molecule has 0 atom stereocenters. The molecule has 6 heteroatoms. The Balaban J connectivity index is 2.33. The predicted octanol–water partition coefficient (Wildman–Crippen LogP) is 5.88. The van der Waals surface area contributed by atoms with Gasteiger partial charge in [-0.3, -0.25) is 4.57 Å². The van der Waals surface area contributed by atoms with Gasteiger partial charge in [-0.15, -0.1) is 11.6 Å². The van der Waals surface area contributed by atoms with Crippen LogP contribution in [0.15, 0.2) is 40.9 Å². The second-order valence-electron chi connectivity index (χ2n) is 4.51. The van der Waals surface area contributed by atoms with Gasteiger partial charge in [-0.25, -0.2) is 4.98 Å². The molecule has 0 spiro atoms. The van der Waals surface area contributed by atoms with Crippen LogP contribution in [0.5, 0.6) is 0 Å². The fourth-order valence-electron chi connectivity index (χ4n) is 2.29. The molecule has 2 aromatic carbocycles. The monoisotopic (exact) mass is 402 g/mol.